The number of halogens is 2. The van der Waals surface area contributed by atoms with E-state index in [1.165, 1.54) is 31.2 Å². The highest BCUT2D eigenvalue weighted by Gasteiger charge is 2.23. The summed E-state index contributed by atoms with van der Waals surface area (Å²) >= 11 is 7.19. The number of benzene rings is 1. The molecule has 0 aromatic heterocycles. The molecule has 1 atom stereocenters. The quantitative estimate of drug-likeness (QED) is 0.633. The van der Waals surface area contributed by atoms with E-state index in [9.17, 15) is 0 Å². The van der Waals surface area contributed by atoms with Gasteiger partial charge in [0.2, 0.25) is 0 Å². The molecular formula is C15H20Br2O. The number of hydrogen-bond donors (Lipinski definition) is 0. The molecule has 1 nitrogen and oxygen atoms in total. The smallest absolute Gasteiger partial charge is 0.0936 e. The van der Waals surface area contributed by atoms with Crippen molar-refractivity contribution >= 4 is 31.9 Å². The summed E-state index contributed by atoms with van der Waals surface area (Å²) < 4.78 is 7.42. The van der Waals surface area contributed by atoms with E-state index in [1.54, 1.807) is 0 Å². The lowest BCUT2D eigenvalue weighted by molar-refractivity contribution is -0.0258. The third-order valence-electron chi connectivity index (χ3n) is 3.71. The average molecular weight is 376 g/mol. The van der Waals surface area contributed by atoms with Crippen LogP contribution in [0.5, 0.6) is 0 Å². The van der Waals surface area contributed by atoms with Crippen LogP contribution in [0.4, 0.5) is 0 Å². The molecule has 1 saturated carbocycles. The highest BCUT2D eigenvalue weighted by Crippen LogP contribution is 2.33. The SMILES string of the molecule is CC1CCC(OC(CBr)c2ccccc2Br)CC1. The lowest BCUT2D eigenvalue weighted by Gasteiger charge is -2.30. The first kappa shape index (κ1) is 14.5. The molecule has 18 heavy (non-hydrogen) atoms. The zero-order valence-electron chi connectivity index (χ0n) is 10.7. The summed E-state index contributed by atoms with van der Waals surface area (Å²) in [5.41, 5.74) is 1.24. The molecule has 1 aliphatic carbocycles. The molecule has 0 heterocycles. The van der Waals surface area contributed by atoms with Crippen LogP contribution in [0.15, 0.2) is 28.7 Å². The predicted octanol–water partition coefficient (Wildman–Crippen LogP) is 5.48. The van der Waals surface area contributed by atoms with Gasteiger partial charge in [0.25, 0.3) is 0 Å². The van der Waals surface area contributed by atoms with Crippen molar-refractivity contribution < 1.29 is 4.74 Å². The van der Waals surface area contributed by atoms with Crippen LogP contribution in [0.1, 0.15) is 44.3 Å². The van der Waals surface area contributed by atoms with Crippen molar-refractivity contribution in [3.8, 4) is 0 Å². The van der Waals surface area contributed by atoms with E-state index >= 15 is 0 Å². The van der Waals surface area contributed by atoms with Crippen LogP contribution in [0, 0.1) is 5.92 Å². The first-order chi connectivity index (χ1) is 8.70. The second-order valence-corrected chi connectivity index (χ2v) is 6.68. The van der Waals surface area contributed by atoms with Gasteiger partial charge in [-0.1, -0.05) is 57.0 Å². The van der Waals surface area contributed by atoms with Crippen molar-refractivity contribution in [1.29, 1.82) is 0 Å². The molecule has 1 aliphatic rings. The summed E-state index contributed by atoms with van der Waals surface area (Å²) in [5, 5.41) is 0.849. The molecule has 0 aliphatic heterocycles. The van der Waals surface area contributed by atoms with E-state index < -0.39 is 0 Å². The highest BCUT2D eigenvalue weighted by atomic mass is 79.9. The van der Waals surface area contributed by atoms with Crippen molar-refractivity contribution in [3.63, 3.8) is 0 Å². The fourth-order valence-electron chi connectivity index (χ4n) is 2.53. The van der Waals surface area contributed by atoms with Crippen LogP contribution in [-0.2, 0) is 4.74 Å². The van der Waals surface area contributed by atoms with Crippen LogP contribution >= 0.6 is 31.9 Å². The van der Waals surface area contributed by atoms with Gasteiger partial charge in [-0.15, -0.1) is 0 Å². The summed E-state index contributed by atoms with van der Waals surface area (Å²) in [6.45, 7) is 2.34. The standard InChI is InChI=1S/C15H20Br2O/c1-11-6-8-12(9-7-11)18-15(10-16)13-4-2-3-5-14(13)17/h2-5,11-12,15H,6-10H2,1H3. The van der Waals surface area contributed by atoms with Crippen LogP contribution < -0.4 is 0 Å². The maximum Gasteiger partial charge on any atom is 0.0936 e. The minimum atomic E-state index is 0.152. The van der Waals surface area contributed by atoms with Gasteiger partial charge in [-0.3, -0.25) is 0 Å². The Hall–Kier alpha value is 0.140. The third kappa shape index (κ3) is 3.82. The van der Waals surface area contributed by atoms with Gasteiger partial charge in [0.05, 0.1) is 12.2 Å². The zero-order valence-corrected chi connectivity index (χ0v) is 13.9. The Bertz CT molecular complexity index is 373. The topological polar surface area (TPSA) is 9.23 Å². The van der Waals surface area contributed by atoms with Crippen molar-refractivity contribution in [1.82, 2.24) is 0 Å². The molecule has 1 aromatic carbocycles. The maximum absolute atomic E-state index is 6.28. The van der Waals surface area contributed by atoms with Gasteiger partial charge in [0.1, 0.15) is 0 Å². The van der Waals surface area contributed by atoms with E-state index in [4.69, 9.17) is 4.74 Å². The summed E-state index contributed by atoms with van der Waals surface area (Å²) in [7, 11) is 0. The van der Waals surface area contributed by atoms with Gasteiger partial charge in [-0.2, -0.15) is 0 Å². The first-order valence-corrected chi connectivity index (χ1v) is 8.58. The van der Waals surface area contributed by atoms with Crippen molar-refractivity contribution in [2.24, 2.45) is 5.92 Å². The van der Waals surface area contributed by atoms with Crippen LogP contribution in [-0.4, -0.2) is 11.4 Å². The van der Waals surface area contributed by atoms with Gasteiger partial charge < -0.3 is 4.74 Å². The number of hydrogen-bond acceptors (Lipinski definition) is 1. The van der Waals surface area contributed by atoms with E-state index in [0.29, 0.717) is 6.10 Å². The number of rotatable bonds is 4. The maximum atomic E-state index is 6.28. The lowest BCUT2D eigenvalue weighted by atomic mass is 9.89. The van der Waals surface area contributed by atoms with Crippen LogP contribution in [0.3, 0.4) is 0 Å². The van der Waals surface area contributed by atoms with Gasteiger partial charge in [0.15, 0.2) is 0 Å². The summed E-state index contributed by atoms with van der Waals surface area (Å²) in [6, 6.07) is 8.34. The molecule has 0 spiro atoms. The van der Waals surface area contributed by atoms with Crippen LogP contribution in [0.2, 0.25) is 0 Å². The number of alkyl halides is 1. The monoisotopic (exact) mass is 374 g/mol. The highest BCUT2D eigenvalue weighted by molar-refractivity contribution is 9.10. The van der Waals surface area contributed by atoms with Crippen molar-refractivity contribution in [3.05, 3.63) is 34.3 Å². The Kier molecular flexibility index (Phi) is 5.71. The molecule has 0 radical (unpaired) electrons. The predicted molar refractivity (Wildman–Crippen MR) is 83.2 cm³/mol. The Morgan fingerprint density at radius 2 is 1.89 bits per heavy atom. The molecule has 0 saturated heterocycles. The Labute approximate surface area is 127 Å². The summed E-state index contributed by atoms with van der Waals surface area (Å²) in [4.78, 5) is 0. The normalized spacial score (nSPS) is 25.9. The molecule has 100 valence electrons. The summed E-state index contributed by atoms with van der Waals surface area (Å²) in [5.74, 6) is 0.871. The van der Waals surface area contributed by atoms with Gasteiger partial charge in [0, 0.05) is 9.80 Å². The van der Waals surface area contributed by atoms with E-state index in [1.807, 2.05) is 6.07 Å². The molecule has 1 fully saturated rings. The largest absolute Gasteiger partial charge is 0.369 e. The Morgan fingerprint density at radius 3 is 2.50 bits per heavy atom. The van der Waals surface area contributed by atoms with E-state index in [2.05, 4.69) is 57.0 Å². The van der Waals surface area contributed by atoms with Gasteiger partial charge >= 0.3 is 0 Å². The van der Waals surface area contributed by atoms with Gasteiger partial charge in [-0.05, 0) is 43.2 Å². The fraction of sp³-hybridized carbons (Fsp3) is 0.600. The second-order valence-electron chi connectivity index (χ2n) is 5.18. The molecule has 3 heteroatoms. The molecular weight excluding hydrogens is 356 g/mol. The lowest BCUT2D eigenvalue weighted by Crippen LogP contribution is -2.23. The minimum absolute atomic E-state index is 0.152. The van der Waals surface area contributed by atoms with Crippen molar-refractivity contribution in [2.75, 3.05) is 5.33 Å². The molecule has 0 amide bonds. The van der Waals surface area contributed by atoms with Crippen molar-refractivity contribution in [2.45, 2.75) is 44.8 Å². The van der Waals surface area contributed by atoms with E-state index in [0.717, 1.165) is 15.7 Å². The minimum Gasteiger partial charge on any atom is -0.369 e. The molecule has 0 bridgehead atoms. The summed E-state index contributed by atoms with van der Waals surface area (Å²) in [6.07, 6.45) is 5.59. The number of ether oxygens (including phenoxy) is 1. The molecule has 2 rings (SSSR count). The Balaban J connectivity index is 1.99. The Morgan fingerprint density at radius 1 is 1.22 bits per heavy atom. The molecule has 1 unspecified atom stereocenters. The third-order valence-corrected chi connectivity index (χ3v) is 5.02. The molecule has 1 aromatic rings. The van der Waals surface area contributed by atoms with Gasteiger partial charge in [-0.25, -0.2) is 0 Å². The zero-order chi connectivity index (χ0) is 13.0. The fourth-order valence-corrected chi connectivity index (χ4v) is 3.57. The average Bonchev–Trinajstić information content (AvgIpc) is 2.39. The first-order valence-electron chi connectivity index (χ1n) is 6.66. The van der Waals surface area contributed by atoms with E-state index in [-0.39, 0.29) is 6.10 Å². The van der Waals surface area contributed by atoms with Crippen LogP contribution in [0.25, 0.3) is 0 Å². The second kappa shape index (κ2) is 7.06. The molecule has 0 N–H and O–H groups in total.